The van der Waals surface area contributed by atoms with Gasteiger partial charge in [0.05, 0.1) is 36.6 Å². The summed E-state index contributed by atoms with van der Waals surface area (Å²) < 4.78 is 92.6. The molecule has 39 heavy (non-hydrogen) atoms. The summed E-state index contributed by atoms with van der Waals surface area (Å²) in [6, 6.07) is -0.170. The van der Waals surface area contributed by atoms with E-state index < -0.39 is 54.3 Å². The molecule has 0 saturated carbocycles. The lowest BCUT2D eigenvalue weighted by Gasteiger charge is -2.42. The van der Waals surface area contributed by atoms with E-state index in [1.807, 2.05) is 6.92 Å². The summed E-state index contributed by atoms with van der Waals surface area (Å²) in [5, 5.41) is 4.39. The van der Waals surface area contributed by atoms with Crippen LogP contribution in [0.1, 0.15) is 67.1 Å². The molecule has 0 fully saturated rings. The van der Waals surface area contributed by atoms with Crippen LogP contribution in [-0.4, -0.2) is 46.6 Å². The molecule has 0 radical (unpaired) electrons. The average molecular weight is 565 g/mol. The van der Waals surface area contributed by atoms with E-state index in [0.717, 1.165) is 12.0 Å². The Kier molecular flexibility index (Phi) is 8.75. The Morgan fingerprint density at radius 3 is 2.15 bits per heavy atom. The lowest BCUT2D eigenvalue weighted by atomic mass is 9.89. The standard InChI is InChI=1S/C25H30F6N4O4/c1-6-8-18-12-19(20-14(3)32-33(4)21(20)35(18)23(37)39-7-2)34(22(36)38-5)13-15-9-16(24(26,27)28)11-17(10-15)25(29,30)31/h9-11,18-19H,6-8,12-13H2,1-5H3. The molecule has 1 aromatic heterocycles. The molecule has 2 heterocycles. The molecule has 0 bridgehead atoms. The summed E-state index contributed by atoms with van der Waals surface area (Å²) in [6.07, 6.45) is -10.4. The first-order chi connectivity index (χ1) is 18.1. The van der Waals surface area contributed by atoms with Crippen molar-refractivity contribution in [3.8, 4) is 0 Å². The van der Waals surface area contributed by atoms with E-state index in [1.165, 1.54) is 9.58 Å². The molecular formula is C25H30F6N4O4. The molecule has 3 rings (SSSR count). The number of amides is 2. The Labute approximate surface area is 221 Å². The lowest BCUT2D eigenvalue weighted by Crippen LogP contribution is -2.49. The number of nitrogens with zero attached hydrogens (tertiary/aromatic N) is 4. The monoisotopic (exact) mass is 564 g/mol. The molecule has 0 N–H and O–H groups in total. The summed E-state index contributed by atoms with van der Waals surface area (Å²) in [5.74, 6) is 0.328. The molecule has 1 aliphatic heterocycles. The molecule has 14 heteroatoms. The van der Waals surface area contributed by atoms with Crippen molar-refractivity contribution >= 4 is 18.0 Å². The number of methoxy groups -OCH3 is 1. The third kappa shape index (κ3) is 6.25. The number of carbonyl (C=O) groups excluding carboxylic acids is 2. The van der Waals surface area contributed by atoms with Crippen LogP contribution in [0.4, 0.5) is 41.7 Å². The van der Waals surface area contributed by atoms with Crippen molar-refractivity contribution in [1.29, 1.82) is 0 Å². The Morgan fingerprint density at radius 2 is 1.67 bits per heavy atom. The number of aryl methyl sites for hydroxylation is 2. The molecule has 2 amide bonds. The van der Waals surface area contributed by atoms with E-state index in [0.29, 0.717) is 42.0 Å². The summed E-state index contributed by atoms with van der Waals surface area (Å²) in [5.41, 5.74) is -2.51. The SMILES string of the molecule is CCCC1CC(N(Cc2cc(C(F)(F)F)cc(C(F)(F)F)c2)C(=O)OC)c2c(C)nn(C)c2N1C(=O)OCC. The number of ether oxygens (including phenoxy) is 2. The maximum absolute atomic E-state index is 13.5. The van der Waals surface area contributed by atoms with Gasteiger partial charge in [0.15, 0.2) is 0 Å². The van der Waals surface area contributed by atoms with Gasteiger partial charge in [-0.15, -0.1) is 0 Å². The van der Waals surface area contributed by atoms with E-state index in [1.54, 1.807) is 20.9 Å². The van der Waals surface area contributed by atoms with Gasteiger partial charge in [0, 0.05) is 25.2 Å². The Bertz CT molecular complexity index is 1180. The molecule has 0 saturated heterocycles. The second-order valence-electron chi connectivity index (χ2n) is 9.22. The lowest BCUT2D eigenvalue weighted by molar-refractivity contribution is -0.143. The van der Waals surface area contributed by atoms with E-state index in [-0.39, 0.29) is 24.7 Å². The largest absolute Gasteiger partial charge is 0.453 e. The van der Waals surface area contributed by atoms with Crippen molar-refractivity contribution < 1.29 is 45.4 Å². The minimum atomic E-state index is -5.05. The number of anilines is 1. The number of alkyl halides is 6. The fraction of sp³-hybridized carbons (Fsp3) is 0.560. The fourth-order valence-electron chi connectivity index (χ4n) is 5.01. The molecule has 2 aromatic rings. The first-order valence-corrected chi connectivity index (χ1v) is 12.3. The molecule has 0 spiro atoms. The van der Waals surface area contributed by atoms with Crippen LogP contribution in [0.2, 0.25) is 0 Å². The molecule has 2 unspecified atom stereocenters. The van der Waals surface area contributed by atoms with Crippen molar-refractivity contribution in [3.63, 3.8) is 0 Å². The zero-order valence-electron chi connectivity index (χ0n) is 22.1. The van der Waals surface area contributed by atoms with Gasteiger partial charge in [-0.3, -0.25) is 14.5 Å². The van der Waals surface area contributed by atoms with Gasteiger partial charge in [0.1, 0.15) is 5.82 Å². The second-order valence-corrected chi connectivity index (χ2v) is 9.22. The Morgan fingerprint density at radius 1 is 1.08 bits per heavy atom. The summed E-state index contributed by atoms with van der Waals surface area (Å²) in [7, 11) is 2.66. The summed E-state index contributed by atoms with van der Waals surface area (Å²) in [6.45, 7) is 4.67. The van der Waals surface area contributed by atoms with Crippen LogP contribution >= 0.6 is 0 Å². The van der Waals surface area contributed by atoms with Gasteiger partial charge < -0.3 is 9.47 Å². The van der Waals surface area contributed by atoms with Crippen molar-refractivity contribution in [2.45, 2.75) is 71.0 Å². The minimum absolute atomic E-state index is 0.0322. The molecule has 2 atom stereocenters. The van der Waals surface area contributed by atoms with Gasteiger partial charge in [0.25, 0.3) is 0 Å². The maximum Gasteiger partial charge on any atom is 0.416 e. The van der Waals surface area contributed by atoms with Gasteiger partial charge in [-0.05, 0) is 50.5 Å². The Balaban J connectivity index is 2.18. The molecule has 1 aromatic carbocycles. The van der Waals surface area contributed by atoms with Crippen molar-refractivity contribution in [3.05, 3.63) is 46.1 Å². The highest BCUT2D eigenvalue weighted by Gasteiger charge is 2.44. The number of rotatable bonds is 6. The van der Waals surface area contributed by atoms with Gasteiger partial charge in [-0.2, -0.15) is 31.4 Å². The number of fused-ring (bicyclic) bond motifs is 1. The second kappa shape index (κ2) is 11.3. The predicted octanol–water partition coefficient (Wildman–Crippen LogP) is 6.61. The quantitative estimate of drug-likeness (QED) is 0.369. The molecule has 0 aliphatic carbocycles. The molecule has 1 aliphatic rings. The number of carbonyl (C=O) groups is 2. The van der Waals surface area contributed by atoms with E-state index >= 15 is 0 Å². The number of hydrogen-bond donors (Lipinski definition) is 0. The van der Waals surface area contributed by atoms with Gasteiger partial charge in [-0.25, -0.2) is 9.59 Å². The van der Waals surface area contributed by atoms with Crippen molar-refractivity contribution in [2.24, 2.45) is 7.05 Å². The van der Waals surface area contributed by atoms with Crippen LogP contribution < -0.4 is 4.90 Å². The Hall–Kier alpha value is -3.45. The van der Waals surface area contributed by atoms with E-state index in [2.05, 4.69) is 5.10 Å². The predicted molar refractivity (Wildman–Crippen MR) is 128 cm³/mol. The van der Waals surface area contributed by atoms with Crippen LogP contribution in [0.3, 0.4) is 0 Å². The number of aromatic nitrogens is 2. The first kappa shape index (κ1) is 30.1. The molecular weight excluding hydrogens is 534 g/mol. The fourth-order valence-corrected chi connectivity index (χ4v) is 5.01. The summed E-state index contributed by atoms with van der Waals surface area (Å²) in [4.78, 5) is 28.5. The number of halogens is 6. The molecule has 8 nitrogen and oxygen atoms in total. The highest BCUT2D eigenvalue weighted by molar-refractivity contribution is 5.89. The van der Waals surface area contributed by atoms with Gasteiger partial charge in [0.2, 0.25) is 0 Å². The molecule has 216 valence electrons. The first-order valence-electron chi connectivity index (χ1n) is 12.3. The average Bonchev–Trinajstić information content (AvgIpc) is 3.14. The zero-order chi connectivity index (χ0) is 29.3. The zero-order valence-corrected chi connectivity index (χ0v) is 22.1. The van der Waals surface area contributed by atoms with Crippen LogP contribution in [0.25, 0.3) is 0 Å². The van der Waals surface area contributed by atoms with E-state index in [9.17, 15) is 35.9 Å². The summed E-state index contributed by atoms with van der Waals surface area (Å²) >= 11 is 0. The van der Waals surface area contributed by atoms with Crippen molar-refractivity contribution in [2.75, 3.05) is 18.6 Å². The smallest absolute Gasteiger partial charge is 0.416 e. The third-order valence-electron chi connectivity index (χ3n) is 6.53. The highest BCUT2D eigenvalue weighted by Crippen LogP contribution is 2.45. The van der Waals surface area contributed by atoms with Gasteiger partial charge in [-0.1, -0.05) is 13.3 Å². The van der Waals surface area contributed by atoms with E-state index in [4.69, 9.17) is 9.47 Å². The topological polar surface area (TPSA) is 76.9 Å². The van der Waals surface area contributed by atoms with Gasteiger partial charge >= 0.3 is 24.5 Å². The van der Waals surface area contributed by atoms with Crippen LogP contribution in [0.15, 0.2) is 18.2 Å². The maximum atomic E-state index is 13.5. The van der Waals surface area contributed by atoms with Crippen molar-refractivity contribution in [1.82, 2.24) is 14.7 Å². The van der Waals surface area contributed by atoms with Crippen LogP contribution in [-0.2, 0) is 35.4 Å². The normalized spacial score (nSPS) is 17.6. The minimum Gasteiger partial charge on any atom is -0.453 e. The highest BCUT2D eigenvalue weighted by atomic mass is 19.4. The van der Waals surface area contributed by atoms with Crippen LogP contribution in [0.5, 0.6) is 0 Å². The number of benzene rings is 1. The third-order valence-corrected chi connectivity index (χ3v) is 6.53. The van der Waals surface area contributed by atoms with Crippen LogP contribution in [0, 0.1) is 6.92 Å². The number of hydrogen-bond acceptors (Lipinski definition) is 5.